The van der Waals surface area contributed by atoms with E-state index in [2.05, 4.69) is 20.8 Å². The molecule has 2 N–H and O–H groups in total. The van der Waals surface area contributed by atoms with Crippen molar-refractivity contribution in [3.63, 3.8) is 0 Å². The zero-order valence-corrected chi connectivity index (χ0v) is 13.1. The number of para-hydroxylation sites is 1. The first-order valence-corrected chi connectivity index (χ1v) is 7.42. The second-order valence-corrected chi connectivity index (χ2v) is 5.31. The Morgan fingerprint density at radius 1 is 1.00 bits per heavy atom. The first-order valence-electron chi connectivity index (χ1n) is 7.04. The Morgan fingerprint density at radius 3 is 2.54 bits per heavy atom. The SMILES string of the molecule is O=C(Nc1ccccc1F)c1ccc(Nc2cccc(Cl)c2)nn1. The van der Waals surface area contributed by atoms with Gasteiger partial charge in [0.05, 0.1) is 5.69 Å². The highest BCUT2D eigenvalue weighted by atomic mass is 35.5. The van der Waals surface area contributed by atoms with Crippen LogP contribution < -0.4 is 10.6 Å². The molecule has 5 nitrogen and oxygen atoms in total. The van der Waals surface area contributed by atoms with Crippen LogP contribution in [0.2, 0.25) is 5.02 Å². The average molecular weight is 343 g/mol. The van der Waals surface area contributed by atoms with Crippen molar-refractivity contribution in [2.45, 2.75) is 0 Å². The number of nitrogens with zero attached hydrogens (tertiary/aromatic N) is 2. The van der Waals surface area contributed by atoms with E-state index >= 15 is 0 Å². The molecule has 0 aliphatic carbocycles. The fourth-order valence-electron chi connectivity index (χ4n) is 1.98. The number of carbonyl (C=O) groups is 1. The Morgan fingerprint density at radius 2 is 1.83 bits per heavy atom. The maximum Gasteiger partial charge on any atom is 0.276 e. The van der Waals surface area contributed by atoms with Gasteiger partial charge in [0, 0.05) is 10.7 Å². The van der Waals surface area contributed by atoms with E-state index in [0.29, 0.717) is 10.8 Å². The van der Waals surface area contributed by atoms with Gasteiger partial charge in [0.2, 0.25) is 0 Å². The first-order chi connectivity index (χ1) is 11.6. The molecule has 7 heteroatoms. The van der Waals surface area contributed by atoms with Gasteiger partial charge in [-0.25, -0.2) is 4.39 Å². The number of nitrogens with one attached hydrogen (secondary N) is 2. The van der Waals surface area contributed by atoms with Crippen LogP contribution in [0, 0.1) is 5.82 Å². The second kappa shape index (κ2) is 7.06. The van der Waals surface area contributed by atoms with E-state index in [4.69, 9.17) is 11.6 Å². The van der Waals surface area contributed by atoms with Crippen LogP contribution in [0.3, 0.4) is 0 Å². The monoisotopic (exact) mass is 342 g/mol. The van der Waals surface area contributed by atoms with Crippen LogP contribution in [0.1, 0.15) is 10.5 Å². The summed E-state index contributed by atoms with van der Waals surface area (Å²) in [5.41, 5.74) is 0.917. The largest absolute Gasteiger partial charge is 0.339 e. The summed E-state index contributed by atoms with van der Waals surface area (Å²) in [5.74, 6) is -0.598. The summed E-state index contributed by atoms with van der Waals surface area (Å²) in [6.45, 7) is 0. The fraction of sp³-hybridized carbons (Fsp3) is 0. The van der Waals surface area contributed by atoms with Crippen molar-refractivity contribution in [3.8, 4) is 0 Å². The number of hydrogen-bond donors (Lipinski definition) is 2. The van der Waals surface area contributed by atoms with E-state index < -0.39 is 11.7 Å². The standard InChI is InChI=1S/C17H12ClFN4O/c18-11-4-3-5-12(10-11)20-16-9-8-15(22-23-16)17(24)21-14-7-2-1-6-13(14)19/h1-10H,(H,20,23)(H,21,24). The number of anilines is 3. The quantitative estimate of drug-likeness (QED) is 0.743. The molecule has 3 aromatic rings. The minimum absolute atomic E-state index is 0.0786. The second-order valence-electron chi connectivity index (χ2n) is 4.87. The summed E-state index contributed by atoms with van der Waals surface area (Å²) in [6.07, 6.45) is 0. The summed E-state index contributed by atoms with van der Waals surface area (Å²) >= 11 is 5.91. The van der Waals surface area contributed by atoms with Crippen molar-refractivity contribution in [1.29, 1.82) is 0 Å². The highest BCUT2D eigenvalue weighted by Gasteiger charge is 2.11. The van der Waals surface area contributed by atoms with E-state index in [-0.39, 0.29) is 11.4 Å². The highest BCUT2D eigenvalue weighted by molar-refractivity contribution is 6.30. The Hall–Kier alpha value is -2.99. The summed E-state index contributed by atoms with van der Waals surface area (Å²) in [5, 5.41) is 13.8. The summed E-state index contributed by atoms with van der Waals surface area (Å²) in [4.78, 5) is 12.1. The molecule has 24 heavy (non-hydrogen) atoms. The minimum Gasteiger partial charge on any atom is -0.339 e. The van der Waals surface area contributed by atoms with Crippen molar-refractivity contribution in [3.05, 3.63) is 77.2 Å². The molecule has 2 aromatic carbocycles. The molecule has 0 saturated carbocycles. The van der Waals surface area contributed by atoms with E-state index in [0.717, 1.165) is 5.69 Å². The maximum absolute atomic E-state index is 13.5. The zero-order chi connectivity index (χ0) is 16.9. The smallest absolute Gasteiger partial charge is 0.276 e. The minimum atomic E-state index is -0.540. The molecule has 0 unspecified atom stereocenters. The van der Waals surface area contributed by atoms with E-state index in [1.54, 1.807) is 36.4 Å². The van der Waals surface area contributed by atoms with Crippen molar-refractivity contribution in [1.82, 2.24) is 10.2 Å². The number of hydrogen-bond acceptors (Lipinski definition) is 4. The molecule has 0 saturated heterocycles. The highest BCUT2D eigenvalue weighted by Crippen LogP contribution is 2.19. The fourth-order valence-corrected chi connectivity index (χ4v) is 2.17. The van der Waals surface area contributed by atoms with Gasteiger partial charge in [-0.2, -0.15) is 0 Å². The van der Waals surface area contributed by atoms with Crippen LogP contribution in [0.15, 0.2) is 60.7 Å². The molecule has 0 atom stereocenters. The lowest BCUT2D eigenvalue weighted by atomic mass is 10.3. The van der Waals surface area contributed by atoms with Crippen molar-refractivity contribution >= 4 is 34.7 Å². The Kier molecular flexibility index (Phi) is 4.67. The Bertz CT molecular complexity index is 870. The van der Waals surface area contributed by atoms with E-state index in [9.17, 15) is 9.18 Å². The van der Waals surface area contributed by atoms with Crippen LogP contribution >= 0.6 is 11.6 Å². The predicted molar refractivity (Wildman–Crippen MR) is 91.1 cm³/mol. The lowest BCUT2D eigenvalue weighted by Gasteiger charge is -2.07. The molecule has 1 heterocycles. The van der Waals surface area contributed by atoms with Crippen LogP contribution in [0.5, 0.6) is 0 Å². The van der Waals surface area contributed by atoms with Crippen molar-refractivity contribution in [2.75, 3.05) is 10.6 Å². The third-order valence-corrected chi connectivity index (χ3v) is 3.35. The molecule has 0 bridgehead atoms. The van der Waals surface area contributed by atoms with E-state index in [1.807, 2.05) is 6.07 Å². The van der Waals surface area contributed by atoms with Gasteiger partial charge in [-0.05, 0) is 42.5 Å². The van der Waals surface area contributed by atoms with Gasteiger partial charge in [-0.1, -0.05) is 29.8 Å². The van der Waals surface area contributed by atoms with Gasteiger partial charge in [0.1, 0.15) is 5.82 Å². The Labute approximate surface area is 142 Å². The number of carbonyl (C=O) groups excluding carboxylic acids is 1. The predicted octanol–water partition coefficient (Wildman–Crippen LogP) is 4.27. The van der Waals surface area contributed by atoms with Gasteiger partial charge >= 0.3 is 0 Å². The number of halogens is 2. The average Bonchev–Trinajstić information content (AvgIpc) is 2.57. The molecule has 1 amide bonds. The van der Waals surface area contributed by atoms with Crippen LogP contribution in [0.25, 0.3) is 0 Å². The lowest BCUT2D eigenvalue weighted by molar-refractivity contribution is 0.102. The van der Waals surface area contributed by atoms with Crippen molar-refractivity contribution < 1.29 is 9.18 Å². The van der Waals surface area contributed by atoms with Crippen LogP contribution in [-0.4, -0.2) is 16.1 Å². The van der Waals surface area contributed by atoms with Crippen LogP contribution in [0.4, 0.5) is 21.6 Å². The third kappa shape index (κ3) is 3.85. The van der Waals surface area contributed by atoms with Crippen LogP contribution in [-0.2, 0) is 0 Å². The molecule has 0 fully saturated rings. The van der Waals surface area contributed by atoms with Crippen molar-refractivity contribution in [2.24, 2.45) is 0 Å². The lowest BCUT2D eigenvalue weighted by Crippen LogP contribution is -2.15. The zero-order valence-electron chi connectivity index (χ0n) is 12.3. The molecule has 0 aliphatic heterocycles. The maximum atomic E-state index is 13.5. The number of amides is 1. The summed E-state index contributed by atoms with van der Waals surface area (Å²) < 4.78 is 13.5. The molecule has 3 rings (SSSR count). The summed E-state index contributed by atoms with van der Waals surface area (Å²) in [7, 11) is 0. The van der Waals surface area contributed by atoms with Gasteiger partial charge in [-0.15, -0.1) is 10.2 Å². The number of aromatic nitrogens is 2. The van der Waals surface area contributed by atoms with Gasteiger partial charge < -0.3 is 10.6 Å². The number of rotatable bonds is 4. The third-order valence-electron chi connectivity index (χ3n) is 3.12. The molecule has 0 radical (unpaired) electrons. The number of benzene rings is 2. The van der Waals surface area contributed by atoms with Gasteiger partial charge in [-0.3, -0.25) is 4.79 Å². The Balaban J connectivity index is 1.70. The molecular weight excluding hydrogens is 331 g/mol. The molecule has 0 spiro atoms. The molecular formula is C17H12ClFN4O. The first kappa shape index (κ1) is 15.9. The van der Waals surface area contributed by atoms with E-state index in [1.165, 1.54) is 18.2 Å². The van der Waals surface area contributed by atoms with Gasteiger partial charge in [0.15, 0.2) is 11.5 Å². The topological polar surface area (TPSA) is 66.9 Å². The normalized spacial score (nSPS) is 10.2. The molecule has 1 aromatic heterocycles. The van der Waals surface area contributed by atoms with Gasteiger partial charge in [0.25, 0.3) is 5.91 Å². The molecule has 0 aliphatic rings. The summed E-state index contributed by atoms with van der Waals surface area (Å²) in [6, 6.07) is 16.1. The molecule has 120 valence electrons.